The molecule has 1 aromatic carbocycles. The van der Waals surface area contributed by atoms with Crippen molar-refractivity contribution in [2.45, 2.75) is 25.8 Å². The molecule has 0 aromatic heterocycles. The average Bonchev–Trinajstić information content (AvgIpc) is 2.87. The molecule has 0 unspecified atom stereocenters. The molecule has 2 rings (SSSR count). The van der Waals surface area contributed by atoms with E-state index in [0.717, 1.165) is 0 Å². The molecule has 0 bridgehead atoms. The fourth-order valence-electron chi connectivity index (χ4n) is 2.29. The van der Waals surface area contributed by atoms with Gasteiger partial charge < -0.3 is 14.6 Å². The van der Waals surface area contributed by atoms with Gasteiger partial charge in [-0.1, -0.05) is 11.6 Å². The molecule has 23 heavy (non-hydrogen) atoms. The van der Waals surface area contributed by atoms with E-state index in [1.807, 2.05) is 0 Å². The van der Waals surface area contributed by atoms with Gasteiger partial charge in [-0.15, -0.1) is 0 Å². The van der Waals surface area contributed by atoms with Crippen molar-refractivity contribution in [2.24, 2.45) is 5.10 Å². The molecule has 1 aliphatic heterocycles. The van der Waals surface area contributed by atoms with Crippen LogP contribution < -0.4 is 9.75 Å². The number of carbonyl (C=O) groups excluding carboxylic acids is 1. The Hall–Kier alpha value is -2.28. The van der Waals surface area contributed by atoms with E-state index in [1.54, 1.807) is 25.1 Å². The van der Waals surface area contributed by atoms with Crippen LogP contribution in [0.1, 0.15) is 20.3 Å². The summed E-state index contributed by atoms with van der Waals surface area (Å²) < 4.78 is 9.98. The third-order valence-electron chi connectivity index (χ3n) is 3.55. The molecule has 0 saturated carbocycles. The Kier molecular flexibility index (Phi) is 4.79. The summed E-state index contributed by atoms with van der Waals surface area (Å²) in [6, 6.07) is 4.78. The first-order chi connectivity index (χ1) is 10.8. The number of hydrogen-bond acceptors (Lipinski definition) is 6. The van der Waals surface area contributed by atoms with Gasteiger partial charge in [0, 0.05) is 6.42 Å². The zero-order chi connectivity index (χ0) is 17.2. The van der Waals surface area contributed by atoms with Crippen LogP contribution in [0.5, 0.6) is 5.75 Å². The van der Waals surface area contributed by atoms with Crippen LogP contribution in [0.2, 0.25) is 5.02 Å². The number of halogens is 1. The smallest absolute Gasteiger partial charge is 0.354 e. The molecule has 8 heteroatoms. The van der Waals surface area contributed by atoms with E-state index >= 15 is 0 Å². The molecule has 0 radical (unpaired) electrons. The van der Waals surface area contributed by atoms with Gasteiger partial charge in [0.05, 0.1) is 24.4 Å². The van der Waals surface area contributed by atoms with Gasteiger partial charge in [0.2, 0.25) is 0 Å². The Morgan fingerprint density at radius 3 is 2.70 bits per heavy atom. The first-order valence-corrected chi connectivity index (χ1v) is 7.33. The van der Waals surface area contributed by atoms with Crippen LogP contribution in [-0.2, 0) is 14.3 Å². The Morgan fingerprint density at radius 1 is 1.48 bits per heavy atom. The van der Waals surface area contributed by atoms with E-state index in [-0.39, 0.29) is 18.7 Å². The molecule has 0 saturated heterocycles. The van der Waals surface area contributed by atoms with Crippen LogP contribution in [-0.4, -0.2) is 42.0 Å². The van der Waals surface area contributed by atoms with E-state index in [1.165, 1.54) is 19.0 Å². The van der Waals surface area contributed by atoms with E-state index in [2.05, 4.69) is 5.10 Å². The van der Waals surface area contributed by atoms with Gasteiger partial charge in [-0.25, -0.2) is 14.6 Å². The number of aliphatic carboxylic acids is 1. The molecular formula is C15H17ClN2O5. The fraction of sp³-hybridized carbons (Fsp3) is 0.400. The van der Waals surface area contributed by atoms with E-state index in [4.69, 9.17) is 21.1 Å². The zero-order valence-electron chi connectivity index (χ0n) is 13.0. The van der Waals surface area contributed by atoms with Gasteiger partial charge in [-0.05, 0) is 32.0 Å². The number of carboxylic acids is 1. The summed E-state index contributed by atoms with van der Waals surface area (Å²) in [6.45, 7) is 3.35. The van der Waals surface area contributed by atoms with Crippen LogP contribution >= 0.6 is 11.6 Å². The molecule has 1 aliphatic rings. The van der Waals surface area contributed by atoms with Gasteiger partial charge in [-0.2, -0.15) is 5.10 Å². The number of hydrogen-bond donors (Lipinski definition) is 1. The predicted octanol–water partition coefficient (Wildman–Crippen LogP) is 2.32. The number of methoxy groups -OCH3 is 1. The van der Waals surface area contributed by atoms with E-state index in [0.29, 0.717) is 16.5 Å². The lowest BCUT2D eigenvalue weighted by Crippen LogP contribution is -2.47. The number of rotatable bonds is 5. The lowest BCUT2D eigenvalue weighted by Gasteiger charge is -2.30. The van der Waals surface area contributed by atoms with Gasteiger partial charge in [-0.3, -0.25) is 0 Å². The lowest BCUT2D eigenvalue weighted by molar-refractivity contribution is -0.142. The Balaban J connectivity index is 2.44. The number of hydrazone groups is 1. The van der Waals surface area contributed by atoms with Gasteiger partial charge >= 0.3 is 11.9 Å². The maximum Gasteiger partial charge on any atom is 0.354 e. The van der Waals surface area contributed by atoms with Crippen molar-refractivity contribution >= 4 is 34.9 Å². The molecule has 1 heterocycles. The first kappa shape index (κ1) is 17.1. The third-order valence-corrected chi connectivity index (χ3v) is 3.85. The van der Waals surface area contributed by atoms with Crippen LogP contribution in [0.3, 0.4) is 0 Å². The van der Waals surface area contributed by atoms with Crippen molar-refractivity contribution in [3.8, 4) is 5.75 Å². The lowest BCUT2D eigenvalue weighted by atomic mass is 9.95. The number of benzene rings is 1. The summed E-state index contributed by atoms with van der Waals surface area (Å²) >= 11 is 6.09. The fourth-order valence-corrected chi connectivity index (χ4v) is 2.54. The summed E-state index contributed by atoms with van der Waals surface area (Å²) in [5.74, 6) is -1.27. The topological polar surface area (TPSA) is 88.4 Å². The summed E-state index contributed by atoms with van der Waals surface area (Å²) in [4.78, 5) is 23.6. The highest BCUT2D eigenvalue weighted by atomic mass is 35.5. The number of anilines is 1. The number of carbonyl (C=O) groups is 2. The van der Waals surface area contributed by atoms with Crippen molar-refractivity contribution in [1.82, 2.24) is 0 Å². The van der Waals surface area contributed by atoms with Crippen LogP contribution in [0.25, 0.3) is 0 Å². The summed E-state index contributed by atoms with van der Waals surface area (Å²) in [6.07, 6.45) is -0.0647. The molecule has 0 spiro atoms. The van der Waals surface area contributed by atoms with Crippen molar-refractivity contribution in [3.63, 3.8) is 0 Å². The standard InChI is InChI=1S/C15H17ClN2O5/c1-4-23-13(19)11-8-15(2,14(20)21)18(17-11)9-5-6-12(22-3)10(16)7-9/h5-7H,4,8H2,1-3H3,(H,20,21)/t15-/m0/s1. The van der Waals surface area contributed by atoms with Gasteiger partial charge in [0.1, 0.15) is 11.5 Å². The Morgan fingerprint density at radius 2 is 2.17 bits per heavy atom. The molecule has 0 fully saturated rings. The van der Waals surface area contributed by atoms with Gasteiger partial charge in [0.15, 0.2) is 5.54 Å². The number of ether oxygens (including phenoxy) is 2. The minimum atomic E-state index is -1.40. The van der Waals surface area contributed by atoms with Crippen molar-refractivity contribution in [1.29, 1.82) is 0 Å². The first-order valence-electron chi connectivity index (χ1n) is 6.95. The molecule has 1 N–H and O–H groups in total. The molecular weight excluding hydrogens is 324 g/mol. The SMILES string of the molecule is CCOC(=O)C1=NN(c2ccc(OC)c(Cl)c2)[C@](C)(C(=O)O)C1. The minimum Gasteiger partial charge on any atom is -0.495 e. The van der Waals surface area contributed by atoms with Crippen molar-refractivity contribution in [2.75, 3.05) is 18.7 Å². The minimum absolute atomic E-state index is 0.0590. The van der Waals surface area contributed by atoms with Gasteiger partial charge in [0.25, 0.3) is 0 Å². The van der Waals surface area contributed by atoms with E-state index < -0.39 is 17.5 Å². The maximum absolute atomic E-state index is 11.9. The van der Waals surface area contributed by atoms with E-state index in [9.17, 15) is 14.7 Å². The molecule has 0 aliphatic carbocycles. The molecule has 7 nitrogen and oxygen atoms in total. The monoisotopic (exact) mass is 340 g/mol. The number of nitrogens with zero attached hydrogens (tertiary/aromatic N) is 2. The average molecular weight is 341 g/mol. The highest BCUT2D eigenvalue weighted by Gasteiger charge is 2.48. The largest absolute Gasteiger partial charge is 0.495 e. The number of esters is 1. The Bertz CT molecular complexity index is 676. The second-order valence-electron chi connectivity index (χ2n) is 5.15. The highest BCUT2D eigenvalue weighted by molar-refractivity contribution is 6.38. The predicted molar refractivity (Wildman–Crippen MR) is 85.2 cm³/mol. The van der Waals surface area contributed by atoms with Crippen molar-refractivity contribution in [3.05, 3.63) is 23.2 Å². The summed E-state index contributed by atoms with van der Waals surface area (Å²) in [5.41, 5.74) is -0.899. The summed E-state index contributed by atoms with van der Waals surface area (Å²) in [5, 5.41) is 15.3. The number of carboxylic acid groups (broad SMARTS) is 1. The zero-order valence-corrected chi connectivity index (χ0v) is 13.8. The van der Waals surface area contributed by atoms with Crippen LogP contribution in [0.4, 0.5) is 5.69 Å². The van der Waals surface area contributed by atoms with Crippen LogP contribution in [0.15, 0.2) is 23.3 Å². The van der Waals surface area contributed by atoms with Crippen molar-refractivity contribution < 1.29 is 24.2 Å². The molecule has 1 aromatic rings. The Labute approximate surface area is 138 Å². The summed E-state index contributed by atoms with van der Waals surface area (Å²) in [7, 11) is 1.48. The van der Waals surface area contributed by atoms with Crippen LogP contribution in [0, 0.1) is 0 Å². The molecule has 0 amide bonds. The highest BCUT2D eigenvalue weighted by Crippen LogP contribution is 2.37. The second-order valence-corrected chi connectivity index (χ2v) is 5.56. The quantitative estimate of drug-likeness (QED) is 0.827. The second kappa shape index (κ2) is 6.45. The normalized spacial score (nSPS) is 20.2. The molecule has 1 atom stereocenters. The molecule has 124 valence electrons. The maximum atomic E-state index is 11.9. The third kappa shape index (κ3) is 3.10.